The molecule has 0 saturated carbocycles. The van der Waals surface area contributed by atoms with Crippen LogP contribution in [0.2, 0.25) is 0 Å². The van der Waals surface area contributed by atoms with Gasteiger partial charge in [0.15, 0.2) is 0 Å². The molecule has 1 atom stereocenters. The van der Waals surface area contributed by atoms with Crippen molar-refractivity contribution in [2.75, 3.05) is 7.11 Å². The first kappa shape index (κ1) is 12.0. The van der Waals surface area contributed by atoms with E-state index in [-0.39, 0.29) is 6.04 Å². The highest BCUT2D eigenvalue weighted by atomic mass is 16.5. The molecule has 3 heteroatoms. The summed E-state index contributed by atoms with van der Waals surface area (Å²) in [6.45, 7) is 4.22. The lowest BCUT2D eigenvalue weighted by Crippen LogP contribution is -2.28. The SMILES string of the molecule is CCCC(NN)c1cc(C)ccc1OC. The van der Waals surface area contributed by atoms with E-state index in [4.69, 9.17) is 10.6 Å². The molecule has 0 saturated heterocycles. The van der Waals surface area contributed by atoms with E-state index in [0.717, 1.165) is 24.2 Å². The third-order valence-electron chi connectivity index (χ3n) is 2.54. The van der Waals surface area contributed by atoms with Gasteiger partial charge >= 0.3 is 0 Å². The number of ether oxygens (including phenoxy) is 1. The summed E-state index contributed by atoms with van der Waals surface area (Å²) in [5.41, 5.74) is 5.21. The highest BCUT2D eigenvalue weighted by molar-refractivity contribution is 5.39. The first-order valence-electron chi connectivity index (χ1n) is 5.33. The number of rotatable bonds is 5. The number of nitrogens with two attached hydrogens (primary N) is 1. The van der Waals surface area contributed by atoms with Gasteiger partial charge in [0, 0.05) is 11.6 Å². The number of benzene rings is 1. The Morgan fingerprint density at radius 1 is 1.47 bits per heavy atom. The monoisotopic (exact) mass is 208 g/mol. The van der Waals surface area contributed by atoms with Crippen LogP contribution < -0.4 is 16.0 Å². The van der Waals surface area contributed by atoms with Crippen LogP contribution in [0.5, 0.6) is 5.75 Å². The molecule has 3 nitrogen and oxygen atoms in total. The average Bonchev–Trinajstić information content (AvgIpc) is 2.26. The van der Waals surface area contributed by atoms with Crippen LogP contribution in [0.1, 0.15) is 36.9 Å². The van der Waals surface area contributed by atoms with Gasteiger partial charge in [-0.05, 0) is 19.4 Å². The molecular formula is C12H20N2O. The number of methoxy groups -OCH3 is 1. The van der Waals surface area contributed by atoms with Crippen molar-refractivity contribution in [2.45, 2.75) is 32.7 Å². The molecule has 0 bridgehead atoms. The van der Waals surface area contributed by atoms with Crippen LogP contribution >= 0.6 is 0 Å². The summed E-state index contributed by atoms with van der Waals surface area (Å²) in [4.78, 5) is 0. The second-order valence-corrected chi connectivity index (χ2v) is 3.75. The first-order chi connectivity index (χ1) is 7.22. The van der Waals surface area contributed by atoms with Crippen LogP contribution in [0.3, 0.4) is 0 Å². The lowest BCUT2D eigenvalue weighted by atomic mass is 10.00. The van der Waals surface area contributed by atoms with E-state index in [1.54, 1.807) is 7.11 Å². The van der Waals surface area contributed by atoms with Crippen LogP contribution in [0.15, 0.2) is 18.2 Å². The molecule has 1 unspecified atom stereocenters. The maximum absolute atomic E-state index is 5.56. The number of aryl methyl sites for hydroxylation is 1. The van der Waals surface area contributed by atoms with E-state index >= 15 is 0 Å². The number of nitrogens with one attached hydrogen (secondary N) is 1. The Morgan fingerprint density at radius 2 is 2.20 bits per heavy atom. The van der Waals surface area contributed by atoms with Crippen molar-refractivity contribution >= 4 is 0 Å². The Hall–Kier alpha value is -1.06. The zero-order chi connectivity index (χ0) is 11.3. The Labute approximate surface area is 91.6 Å². The summed E-state index contributed by atoms with van der Waals surface area (Å²) in [5, 5.41) is 0. The lowest BCUT2D eigenvalue weighted by Gasteiger charge is -2.18. The maximum Gasteiger partial charge on any atom is 0.123 e. The standard InChI is InChI=1S/C12H20N2O/c1-4-5-11(14-13)10-8-9(2)6-7-12(10)15-3/h6-8,11,14H,4-5,13H2,1-3H3. The maximum atomic E-state index is 5.56. The smallest absolute Gasteiger partial charge is 0.123 e. The molecule has 1 aromatic carbocycles. The molecule has 0 radical (unpaired) electrons. The number of hydrogen-bond donors (Lipinski definition) is 2. The van der Waals surface area contributed by atoms with Gasteiger partial charge in [-0.2, -0.15) is 0 Å². The minimum Gasteiger partial charge on any atom is -0.496 e. The third kappa shape index (κ3) is 2.94. The normalized spacial score (nSPS) is 12.5. The summed E-state index contributed by atoms with van der Waals surface area (Å²) >= 11 is 0. The fourth-order valence-corrected chi connectivity index (χ4v) is 1.74. The molecular weight excluding hydrogens is 188 g/mol. The van der Waals surface area contributed by atoms with Crippen LogP contribution in [-0.4, -0.2) is 7.11 Å². The summed E-state index contributed by atoms with van der Waals surface area (Å²) in [6.07, 6.45) is 2.10. The van der Waals surface area contributed by atoms with Gasteiger partial charge in [-0.3, -0.25) is 11.3 Å². The molecule has 84 valence electrons. The van der Waals surface area contributed by atoms with E-state index in [1.165, 1.54) is 5.56 Å². The molecule has 3 N–H and O–H groups in total. The Balaban J connectivity index is 3.02. The molecule has 0 amide bonds. The van der Waals surface area contributed by atoms with Crippen molar-refractivity contribution in [1.29, 1.82) is 0 Å². The fraction of sp³-hybridized carbons (Fsp3) is 0.500. The largest absolute Gasteiger partial charge is 0.496 e. The predicted octanol–water partition coefficient (Wildman–Crippen LogP) is 2.31. The van der Waals surface area contributed by atoms with Gasteiger partial charge < -0.3 is 4.74 Å². The Bertz CT molecular complexity index is 312. The molecule has 0 aromatic heterocycles. The molecule has 0 heterocycles. The van der Waals surface area contributed by atoms with E-state index in [9.17, 15) is 0 Å². The van der Waals surface area contributed by atoms with Gasteiger partial charge in [-0.1, -0.05) is 31.0 Å². The van der Waals surface area contributed by atoms with Crippen molar-refractivity contribution in [3.63, 3.8) is 0 Å². The van der Waals surface area contributed by atoms with Gasteiger partial charge in [0.1, 0.15) is 5.75 Å². The quantitative estimate of drug-likeness (QED) is 0.576. The second-order valence-electron chi connectivity index (χ2n) is 3.75. The predicted molar refractivity (Wildman–Crippen MR) is 62.7 cm³/mol. The topological polar surface area (TPSA) is 47.3 Å². The second kappa shape index (κ2) is 5.73. The molecule has 0 spiro atoms. The van der Waals surface area contributed by atoms with Crippen molar-refractivity contribution in [3.8, 4) is 5.75 Å². The van der Waals surface area contributed by atoms with Crippen molar-refractivity contribution < 1.29 is 4.74 Å². The van der Waals surface area contributed by atoms with Crippen LogP contribution in [0.25, 0.3) is 0 Å². The van der Waals surface area contributed by atoms with Gasteiger partial charge in [-0.15, -0.1) is 0 Å². The zero-order valence-electron chi connectivity index (χ0n) is 9.71. The zero-order valence-corrected chi connectivity index (χ0v) is 9.71. The van der Waals surface area contributed by atoms with Gasteiger partial charge in [0.2, 0.25) is 0 Å². The van der Waals surface area contributed by atoms with Crippen molar-refractivity contribution in [2.24, 2.45) is 5.84 Å². The van der Waals surface area contributed by atoms with Gasteiger partial charge in [0.25, 0.3) is 0 Å². The number of hydrazine groups is 1. The molecule has 0 aliphatic rings. The highest BCUT2D eigenvalue weighted by Gasteiger charge is 2.13. The van der Waals surface area contributed by atoms with Gasteiger partial charge in [-0.25, -0.2) is 0 Å². The van der Waals surface area contributed by atoms with Crippen molar-refractivity contribution in [1.82, 2.24) is 5.43 Å². The van der Waals surface area contributed by atoms with E-state index < -0.39 is 0 Å². The van der Waals surface area contributed by atoms with Gasteiger partial charge in [0.05, 0.1) is 7.11 Å². The van der Waals surface area contributed by atoms with E-state index in [2.05, 4.69) is 25.3 Å². The molecule has 0 aliphatic heterocycles. The fourth-order valence-electron chi connectivity index (χ4n) is 1.74. The number of hydrogen-bond acceptors (Lipinski definition) is 3. The Morgan fingerprint density at radius 3 is 2.73 bits per heavy atom. The molecule has 15 heavy (non-hydrogen) atoms. The highest BCUT2D eigenvalue weighted by Crippen LogP contribution is 2.28. The third-order valence-corrected chi connectivity index (χ3v) is 2.54. The van der Waals surface area contributed by atoms with Crippen LogP contribution in [0.4, 0.5) is 0 Å². The molecule has 0 fully saturated rings. The van der Waals surface area contributed by atoms with Crippen LogP contribution in [-0.2, 0) is 0 Å². The van der Waals surface area contributed by atoms with E-state index in [0.29, 0.717) is 0 Å². The minimum absolute atomic E-state index is 0.171. The Kier molecular flexibility index (Phi) is 4.59. The molecule has 0 aliphatic carbocycles. The summed E-state index contributed by atoms with van der Waals surface area (Å²) in [6, 6.07) is 6.33. The van der Waals surface area contributed by atoms with E-state index in [1.807, 2.05) is 12.1 Å². The minimum atomic E-state index is 0.171. The van der Waals surface area contributed by atoms with Crippen LogP contribution in [0, 0.1) is 6.92 Å². The molecule has 1 aromatic rings. The summed E-state index contributed by atoms with van der Waals surface area (Å²) < 4.78 is 5.33. The first-order valence-corrected chi connectivity index (χ1v) is 5.33. The average molecular weight is 208 g/mol. The lowest BCUT2D eigenvalue weighted by molar-refractivity contribution is 0.395. The summed E-state index contributed by atoms with van der Waals surface area (Å²) in [7, 11) is 1.69. The van der Waals surface area contributed by atoms with Crippen molar-refractivity contribution in [3.05, 3.63) is 29.3 Å². The summed E-state index contributed by atoms with van der Waals surface area (Å²) in [5.74, 6) is 6.46. The molecule has 1 rings (SSSR count).